The fourth-order valence-corrected chi connectivity index (χ4v) is 1.68. The molecule has 0 aliphatic heterocycles. The number of amides is 1. The second-order valence-corrected chi connectivity index (χ2v) is 6.44. The third-order valence-electron chi connectivity index (χ3n) is 1.48. The molecular weight excluding hydrogens is 335 g/mol. The molecule has 1 rings (SSSR count). The van der Waals surface area contributed by atoms with E-state index >= 15 is 0 Å². The van der Waals surface area contributed by atoms with Crippen LogP contribution < -0.4 is 16.9 Å². The van der Waals surface area contributed by atoms with Gasteiger partial charge in [0, 0.05) is 6.07 Å². The highest BCUT2D eigenvalue weighted by atomic mass is 35.6. The van der Waals surface area contributed by atoms with Crippen LogP contribution >= 0.6 is 46.6 Å². The van der Waals surface area contributed by atoms with Crippen molar-refractivity contribution < 1.29 is 4.79 Å². The largest absolute Gasteiger partial charge is 0.383 e. The Morgan fingerprint density at radius 1 is 1.42 bits per heavy atom. The Morgan fingerprint density at radius 2 is 2.00 bits per heavy atom. The summed E-state index contributed by atoms with van der Waals surface area (Å²) >= 11 is 17.3. The first-order chi connectivity index (χ1) is 8.76. The van der Waals surface area contributed by atoms with Gasteiger partial charge in [-0.15, -0.1) is 0 Å². The second kappa shape index (κ2) is 6.99. The first-order valence-electron chi connectivity index (χ1n) is 4.69. The minimum absolute atomic E-state index is 0.0140. The Kier molecular flexibility index (Phi) is 5.92. The van der Waals surface area contributed by atoms with Crippen molar-refractivity contribution in [3.63, 3.8) is 0 Å². The quantitative estimate of drug-likeness (QED) is 0.248. The van der Waals surface area contributed by atoms with E-state index in [9.17, 15) is 4.79 Å². The summed E-state index contributed by atoms with van der Waals surface area (Å²) < 4.78 is -1.66. The predicted octanol–water partition coefficient (Wildman–Crippen LogP) is 1.21. The number of alkyl halides is 3. The molecule has 1 heterocycles. The first-order valence-corrected chi connectivity index (χ1v) is 6.81. The van der Waals surface area contributed by atoms with Gasteiger partial charge in [-0.25, -0.2) is 15.4 Å². The van der Waals surface area contributed by atoms with Gasteiger partial charge in [0.05, 0.1) is 12.0 Å². The minimum atomic E-state index is -1.66. The molecule has 1 aromatic heterocycles. The molecule has 7 nitrogen and oxygen atoms in total. The van der Waals surface area contributed by atoms with Crippen molar-refractivity contribution in [2.75, 3.05) is 17.2 Å². The third-order valence-corrected chi connectivity index (χ3v) is 2.62. The third kappa shape index (κ3) is 7.26. The Balaban J connectivity index is 2.44. The molecule has 1 amide bonds. The van der Waals surface area contributed by atoms with Crippen molar-refractivity contribution >= 4 is 70.3 Å². The Hall–Kier alpha value is -0.960. The molecule has 0 saturated carbocycles. The van der Waals surface area contributed by atoms with Gasteiger partial charge in [0.2, 0.25) is 3.79 Å². The Labute approximate surface area is 128 Å². The van der Waals surface area contributed by atoms with E-state index in [1.54, 1.807) is 0 Å². The summed E-state index contributed by atoms with van der Waals surface area (Å²) in [5.74, 6) is 0.0504. The number of hydrogen-bond acceptors (Lipinski definition) is 7. The fraction of sp³-hybridized carbons (Fsp3) is 0.250. The van der Waals surface area contributed by atoms with Crippen molar-refractivity contribution in [1.82, 2.24) is 15.4 Å². The standard InChI is InChI=1S/C8H9Cl3N6OS/c9-8(10,11)3-14-17-6(18)2-19-7-15-4(12)1-5(13)16-7/h1,3H,2H2,(H,17,18)(H4,12,13,15,16)/b14-3+. The molecule has 0 aliphatic rings. The van der Waals surface area contributed by atoms with Crippen LogP contribution in [0.1, 0.15) is 0 Å². The summed E-state index contributed by atoms with van der Waals surface area (Å²) in [4.78, 5) is 19.2. The number of anilines is 2. The van der Waals surface area contributed by atoms with E-state index in [2.05, 4.69) is 20.5 Å². The number of nitrogens with zero attached hydrogens (tertiary/aromatic N) is 3. The molecule has 5 N–H and O–H groups in total. The van der Waals surface area contributed by atoms with Crippen molar-refractivity contribution in [2.45, 2.75) is 8.95 Å². The normalized spacial score (nSPS) is 11.7. The highest BCUT2D eigenvalue weighted by Gasteiger charge is 2.15. The van der Waals surface area contributed by atoms with Gasteiger partial charge in [-0.3, -0.25) is 4.79 Å². The van der Waals surface area contributed by atoms with Crippen molar-refractivity contribution in [3.8, 4) is 0 Å². The highest BCUT2D eigenvalue weighted by molar-refractivity contribution is 7.99. The van der Waals surface area contributed by atoms with Crippen molar-refractivity contribution in [1.29, 1.82) is 0 Å². The second-order valence-electron chi connectivity index (χ2n) is 3.12. The molecule has 19 heavy (non-hydrogen) atoms. The molecule has 0 aliphatic carbocycles. The van der Waals surface area contributed by atoms with Gasteiger partial charge in [0.1, 0.15) is 11.6 Å². The van der Waals surface area contributed by atoms with Crippen LogP contribution in [-0.2, 0) is 4.79 Å². The van der Waals surface area contributed by atoms with Gasteiger partial charge >= 0.3 is 0 Å². The van der Waals surface area contributed by atoms with Crippen LogP contribution in [0.5, 0.6) is 0 Å². The lowest BCUT2D eigenvalue weighted by Crippen LogP contribution is -2.21. The molecule has 0 unspecified atom stereocenters. The molecule has 104 valence electrons. The monoisotopic (exact) mass is 342 g/mol. The van der Waals surface area contributed by atoms with E-state index in [-0.39, 0.29) is 22.5 Å². The van der Waals surface area contributed by atoms with Crippen molar-refractivity contribution in [3.05, 3.63) is 6.07 Å². The van der Waals surface area contributed by atoms with Crippen LogP contribution in [0.4, 0.5) is 11.6 Å². The number of halogens is 3. The fourth-order valence-electron chi connectivity index (χ4n) is 0.866. The zero-order valence-corrected chi connectivity index (χ0v) is 12.4. The number of nitrogens with one attached hydrogen (secondary N) is 1. The number of rotatable bonds is 4. The summed E-state index contributed by atoms with van der Waals surface area (Å²) in [6, 6.07) is 1.41. The number of aromatic nitrogens is 2. The SMILES string of the molecule is Nc1cc(N)nc(SCC(=O)N/N=C/C(Cl)(Cl)Cl)n1. The van der Waals surface area contributed by atoms with E-state index in [0.29, 0.717) is 0 Å². The lowest BCUT2D eigenvalue weighted by atomic mass is 10.5. The minimum Gasteiger partial charge on any atom is -0.383 e. The maximum atomic E-state index is 11.4. The lowest BCUT2D eigenvalue weighted by molar-refractivity contribution is -0.118. The molecule has 0 bridgehead atoms. The van der Waals surface area contributed by atoms with E-state index < -0.39 is 9.70 Å². The zero-order valence-electron chi connectivity index (χ0n) is 9.31. The maximum absolute atomic E-state index is 11.4. The van der Waals surface area contributed by atoms with Crippen LogP contribution in [0.3, 0.4) is 0 Å². The Bertz CT molecular complexity index is 472. The van der Waals surface area contributed by atoms with Gasteiger partial charge < -0.3 is 11.5 Å². The van der Waals surface area contributed by atoms with E-state index in [1.807, 2.05) is 0 Å². The molecule has 11 heteroatoms. The van der Waals surface area contributed by atoms with Crippen LogP contribution in [0, 0.1) is 0 Å². The van der Waals surface area contributed by atoms with Crippen LogP contribution in [-0.4, -0.2) is 31.6 Å². The van der Waals surface area contributed by atoms with Crippen LogP contribution in [0.15, 0.2) is 16.3 Å². The molecule has 0 atom stereocenters. The molecule has 0 fully saturated rings. The summed E-state index contributed by atoms with van der Waals surface area (Å²) in [7, 11) is 0. The van der Waals surface area contributed by atoms with Crippen LogP contribution in [0.2, 0.25) is 0 Å². The molecule has 0 radical (unpaired) electrons. The molecular formula is C8H9Cl3N6OS. The van der Waals surface area contributed by atoms with Crippen molar-refractivity contribution in [2.24, 2.45) is 5.10 Å². The number of hydrazone groups is 1. The van der Waals surface area contributed by atoms with E-state index in [1.165, 1.54) is 6.07 Å². The summed E-state index contributed by atoms with van der Waals surface area (Å²) in [5, 5.41) is 3.76. The van der Waals surface area contributed by atoms with Gasteiger partial charge in [-0.1, -0.05) is 46.6 Å². The summed E-state index contributed by atoms with van der Waals surface area (Å²) in [5.41, 5.74) is 13.1. The average Bonchev–Trinajstić information content (AvgIpc) is 2.23. The first kappa shape index (κ1) is 16.1. The van der Waals surface area contributed by atoms with Gasteiger partial charge in [-0.2, -0.15) is 5.10 Å². The maximum Gasteiger partial charge on any atom is 0.250 e. The number of carbonyl (C=O) groups is 1. The van der Waals surface area contributed by atoms with E-state index in [4.69, 9.17) is 46.3 Å². The van der Waals surface area contributed by atoms with Crippen LogP contribution in [0.25, 0.3) is 0 Å². The topological polar surface area (TPSA) is 119 Å². The molecule has 1 aromatic rings. The number of nitrogens with two attached hydrogens (primary N) is 2. The summed E-state index contributed by atoms with van der Waals surface area (Å²) in [6.07, 6.45) is 0.967. The summed E-state index contributed by atoms with van der Waals surface area (Å²) in [6.45, 7) is 0. The zero-order chi connectivity index (χ0) is 14.5. The molecule has 0 saturated heterocycles. The van der Waals surface area contributed by atoms with Gasteiger partial charge in [0.25, 0.3) is 5.91 Å². The average molecular weight is 344 g/mol. The number of thioether (sulfide) groups is 1. The smallest absolute Gasteiger partial charge is 0.250 e. The van der Waals surface area contributed by atoms with E-state index in [0.717, 1.165) is 18.0 Å². The van der Waals surface area contributed by atoms with Gasteiger partial charge in [-0.05, 0) is 0 Å². The molecule has 0 spiro atoms. The number of nitrogen functional groups attached to an aromatic ring is 2. The Morgan fingerprint density at radius 3 is 2.53 bits per heavy atom. The predicted molar refractivity (Wildman–Crippen MR) is 78.5 cm³/mol. The number of hydrogen-bond donors (Lipinski definition) is 3. The number of carbonyl (C=O) groups excluding carboxylic acids is 1. The highest BCUT2D eigenvalue weighted by Crippen LogP contribution is 2.22. The lowest BCUT2D eigenvalue weighted by Gasteiger charge is -2.03. The van der Waals surface area contributed by atoms with Gasteiger partial charge in [0.15, 0.2) is 5.16 Å². The molecule has 0 aromatic carbocycles.